The lowest BCUT2D eigenvalue weighted by atomic mass is 9.94. The van der Waals surface area contributed by atoms with Crippen LogP contribution in [0.25, 0.3) is 0 Å². The fraction of sp³-hybridized carbons (Fsp3) is 0.750. The number of aromatic nitrogens is 1. The molecule has 96 valence electrons. The van der Waals surface area contributed by atoms with Crippen molar-refractivity contribution < 1.29 is 14.6 Å². The molecular weight excluding hydrogens is 220 g/mol. The maximum absolute atomic E-state index is 9.44. The molecule has 2 heterocycles. The summed E-state index contributed by atoms with van der Waals surface area (Å²) in [5.74, 6) is 1.49. The highest BCUT2D eigenvalue weighted by molar-refractivity contribution is 5.06. The van der Waals surface area contributed by atoms with Crippen LogP contribution in [0.3, 0.4) is 0 Å². The van der Waals surface area contributed by atoms with Gasteiger partial charge in [0.25, 0.3) is 0 Å². The highest BCUT2D eigenvalue weighted by Crippen LogP contribution is 2.23. The van der Waals surface area contributed by atoms with Gasteiger partial charge in [-0.15, -0.1) is 0 Å². The van der Waals surface area contributed by atoms with Crippen LogP contribution in [0.2, 0.25) is 0 Å². The molecule has 0 amide bonds. The van der Waals surface area contributed by atoms with Crippen LogP contribution >= 0.6 is 0 Å². The summed E-state index contributed by atoms with van der Waals surface area (Å²) in [5, 5.41) is 18.9. The molecule has 1 fully saturated rings. The monoisotopic (exact) mass is 240 g/mol. The first-order valence-corrected chi connectivity index (χ1v) is 5.90. The molecule has 1 aromatic rings. The Morgan fingerprint density at radius 1 is 1.35 bits per heavy atom. The Hall–Kier alpha value is -0.910. The van der Waals surface area contributed by atoms with Crippen LogP contribution in [0.4, 0.5) is 0 Å². The van der Waals surface area contributed by atoms with E-state index in [4.69, 9.17) is 4.42 Å². The van der Waals surface area contributed by atoms with E-state index in [1.54, 1.807) is 6.20 Å². The zero-order chi connectivity index (χ0) is 12.6. The van der Waals surface area contributed by atoms with Gasteiger partial charge in [-0.1, -0.05) is 20.8 Å². The maximum atomic E-state index is 9.44. The number of hydrogen-bond acceptors (Lipinski definition) is 5. The van der Waals surface area contributed by atoms with Gasteiger partial charge in [0, 0.05) is 18.5 Å². The van der Waals surface area contributed by atoms with Crippen LogP contribution in [-0.2, 0) is 12.0 Å². The molecule has 1 aromatic heterocycles. The van der Waals surface area contributed by atoms with Crippen LogP contribution in [0.1, 0.15) is 32.4 Å². The predicted molar refractivity (Wildman–Crippen MR) is 62.5 cm³/mol. The Morgan fingerprint density at radius 3 is 2.41 bits per heavy atom. The minimum Gasteiger partial charge on any atom is -0.444 e. The number of hydrogen-bond donors (Lipinski definition) is 2. The average molecular weight is 240 g/mol. The minimum absolute atomic E-state index is 0.0463. The van der Waals surface area contributed by atoms with Gasteiger partial charge in [-0.3, -0.25) is 4.90 Å². The van der Waals surface area contributed by atoms with Gasteiger partial charge >= 0.3 is 0 Å². The molecule has 2 N–H and O–H groups in total. The molecule has 1 aliphatic rings. The molecule has 1 aliphatic heterocycles. The van der Waals surface area contributed by atoms with Gasteiger partial charge in [0.05, 0.1) is 24.9 Å². The van der Waals surface area contributed by atoms with Crippen LogP contribution in [-0.4, -0.2) is 45.4 Å². The quantitative estimate of drug-likeness (QED) is 0.788. The van der Waals surface area contributed by atoms with Crippen LogP contribution in [0.5, 0.6) is 0 Å². The molecule has 5 nitrogen and oxygen atoms in total. The van der Waals surface area contributed by atoms with Crippen molar-refractivity contribution >= 4 is 0 Å². The standard InChI is InChI=1S/C12H20N2O3/c1-12(2,3)10-4-13-11(17-10)7-14-5-8(15)9(16)6-14/h4,8-9,15-16H,5-7H2,1-3H3. The highest BCUT2D eigenvalue weighted by atomic mass is 16.4. The normalized spacial score (nSPS) is 26.6. The van der Waals surface area contributed by atoms with E-state index >= 15 is 0 Å². The summed E-state index contributed by atoms with van der Waals surface area (Å²) in [6.07, 6.45) is 0.428. The molecule has 17 heavy (non-hydrogen) atoms. The molecule has 0 saturated carbocycles. The fourth-order valence-electron chi connectivity index (χ4n) is 1.90. The molecule has 2 atom stereocenters. The van der Waals surface area contributed by atoms with Crippen molar-refractivity contribution in [3.8, 4) is 0 Å². The van der Waals surface area contributed by atoms with Crippen molar-refractivity contribution in [3.05, 3.63) is 17.8 Å². The van der Waals surface area contributed by atoms with Crippen LogP contribution < -0.4 is 0 Å². The third kappa shape index (κ3) is 2.86. The number of aliphatic hydroxyl groups is 2. The third-order valence-corrected chi connectivity index (χ3v) is 2.99. The van der Waals surface area contributed by atoms with E-state index < -0.39 is 12.2 Å². The molecule has 5 heteroatoms. The van der Waals surface area contributed by atoms with Gasteiger partial charge in [0.15, 0.2) is 0 Å². The number of likely N-dealkylation sites (tertiary alicyclic amines) is 1. The van der Waals surface area contributed by atoms with Crippen molar-refractivity contribution in [2.75, 3.05) is 13.1 Å². The van der Waals surface area contributed by atoms with Crippen LogP contribution in [0.15, 0.2) is 10.6 Å². The van der Waals surface area contributed by atoms with E-state index in [1.165, 1.54) is 0 Å². The number of aliphatic hydroxyl groups excluding tert-OH is 2. The van der Waals surface area contributed by atoms with Gasteiger partial charge in [0.1, 0.15) is 5.76 Å². The second-order valence-electron chi connectivity index (χ2n) is 5.70. The molecular formula is C12H20N2O3. The molecule has 1 saturated heterocycles. The maximum Gasteiger partial charge on any atom is 0.208 e. The molecule has 2 unspecified atom stereocenters. The van der Waals surface area contributed by atoms with E-state index in [-0.39, 0.29) is 5.41 Å². The summed E-state index contributed by atoms with van der Waals surface area (Å²) < 4.78 is 5.66. The second kappa shape index (κ2) is 4.40. The number of rotatable bonds is 2. The van der Waals surface area contributed by atoms with Gasteiger partial charge in [-0.05, 0) is 0 Å². The molecule has 0 bridgehead atoms. The molecule has 0 aliphatic carbocycles. The van der Waals surface area contributed by atoms with Crippen molar-refractivity contribution in [1.82, 2.24) is 9.88 Å². The lowest BCUT2D eigenvalue weighted by Gasteiger charge is -2.14. The van der Waals surface area contributed by atoms with E-state index in [1.807, 2.05) is 4.90 Å². The Morgan fingerprint density at radius 2 is 1.94 bits per heavy atom. The summed E-state index contributed by atoms with van der Waals surface area (Å²) >= 11 is 0. The van der Waals surface area contributed by atoms with Crippen molar-refractivity contribution in [2.24, 2.45) is 0 Å². The zero-order valence-corrected chi connectivity index (χ0v) is 10.6. The van der Waals surface area contributed by atoms with Gasteiger partial charge in [-0.2, -0.15) is 0 Å². The Kier molecular flexibility index (Phi) is 3.25. The molecule has 0 spiro atoms. The number of nitrogens with zero attached hydrogens (tertiary/aromatic N) is 2. The summed E-state index contributed by atoms with van der Waals surface area (Å²) in [5.41, 5.74) is -0.0463. The van der Waals surface area contributed by atoms with Gasteiger partial charge in [-0.25, -0.2) is 4.98 Å². The minimum atomic E-state index is -0.660. The highest BCUT2D eigenvalue weighted by Gasteiger charge is 2.30. The van der Waals surface area contributed by atoms with Crippen molar-refractivity contribution in [3.63, 3.8) is 0 Å². The van der Waals surface area contributed by atoms with E-state index in [0.717, 1.165) is 5.76 Å². The van der Waals surface area contributed by atoms with Crippen LogP contribution in [0, 0.1) is 0 Å². The second-order valence-corrected chi connectivity index (χ2v) is 5.70. The zero-order valence-electron chi connectivity index (χ0n) is 10.6. The summed E-state index contributed by atoms with van der Waals surface area (Å²) in [4.78, 5) is 6.16. The Labute approximate surface area is 101 Å². The third-order valence-electron chi connectivity index (χ3n) is 2.99. The number of β-amino-alcohol motifs (C(OH)–C–C–N with tert-alkyl or cyclic N) is 2. The number of oxazole rings is 1. The largest absolute Gasteiger partial charge is 0.444 e. The van der Waals surface area contributed by atoms with E-state index in [0.29, 0.717) is 25.5 Å². The fourth-order valence-corrected chi connectivity index (χ4v) is 1.90. The predicted octanol–water partition coefficient (Wildman–Crippen LogP) is 0.509. The van der Waals surface area contributed by atoms with Crippen molar-refractivity contribution in [2.45, 2.75) is 44.9 Å². The van der Waals surface area contributed by atoms with Gasteiger partial charge in [0.2, 0.25) is 5.89 Å². The summed E-state index contributed by atoms with van der Waals surface area (Å²) in [6, 6.07) is 0. The Balaban J connectivity index is 1.98. The first-order valence-electron chi connectivity index (χ1n) is 5.90. The summed E-state index contributed by atoms with van der Waals surface area (Å²) in [6.45, 7) is 7.68. The Bertz CT molecular complexity index is 373. The average Bonchev–Trinajstić information content (AvgIpc) is 2.75. The smallest absolute Gasteiger partial charge is 0.208 e. The SMILES string of the molecule is CC(C)(C)c1cnc(CN2CC(O)C(O)C2)o1. The van der Waals surface area contributed by atoms with E-state index in [9.17, 15) is 10.2 Å². The first-order chi connectivity index (χ1) is 7.86. The summed E-state index contributed by atoms with van der Waals surface area (Å²) in [7, 11) is 0. The first kappa shape index (κ1) is 12.5. The van der Waals surface area contributed by atoms with Gasteiger partial charge < -0.3 is 14.6 Å². The topological polar surface area (TPSA) is 69.7 Å². The lowest BCUT2D eigenvalue weighted by molar-refractivity contribution is 0.0572. The van der Waals surface area contributed by atoms with E-state index in [2.05, 4.69) is 25.8 Å². The molecule has 2 rings (SSSR count). The van der Waals surface area contributed by atoms with Crippen molar-refractivity contribution in [1.29, 1.82) is 0 Å². The molecule has 0 aromatic carbocycles. The lowest BCUT2D eigenvalue weighted by Crippen LogP contribution is -2.22. The molecule has 0 radical (unpaired) electrons.